The molecule has 2 aromatic heterocycles. The Hall–Kier alpha value is -5.32. The summed E-state index contributed by atoms with van der Waals surface area (Å²) in [6, 6.07) is 19.5. The quantitative estimate of drug-likeness (QED) is 0.112. The minimum atomic E-state index is -0.517. The van der Waals surface area contributed by atoms with Gasteiger partial charge in [-0.25, -0.2) is 19.6 Å². The van der Waals surface area contributed by atoms with Gasteiger partial charge in [0, 0.05) is 41.8 Å². The van der Waals surface area contributed by atoms with E-state index in [2.05, 4.69) is 53.2 Å². The van der Waals surface area contributed by atoms with E-state index in [1.165, 1.54) is 0 Å². The number of benzene rings is 2. The molecule has 3 aliphatic rings. The molecule has 3 heterocycles. The summed E-state index contributed by atoms with van der Waals surface area (Å²) in [5, 5.41) is 11.2. The zero-order chi connectivity index (χ0) is 48.6. The van der Waals surface area contributed by atoms with E-state index in [0.29, 0.717) is 24.7 Å². The Morgan fingerprint density at radius 2 is 1.09 bits per heavy atom. The molecule has 2 saturated carbocycles. The van der Waals surface area contributed by atoms with Gasteiger partial charge in [-0.2, -0.15) is 0 Å². The van der Waals surface area contributed by atoms with Gasteiger partial charge in [0.1, 0.15) is 22.8 Å². The largest absolute Gasteiger partial charge is 0.494 e. The van der Waals surface area contributed by atoms with E-state index < -0.39 is 23.4 Å². The molecule has 2 aromatic carbocycles. The minimum Gasteiger partial charge on any atom is -0.444 e. The summed E-state index contributed by atoms with van der Waals surface area (Å²) in [5.41, 5.74) is 5.45. The first-order valence-electron chi connectivity index (χ1n) is 22.5. The topological polar surface area (TPSA) is 179 Å². The number of anilines is 2. The van der Waals surface area contributed by atoms with E-state index in [0.717, 1.165) is 69.0 Å². The van der Waals surface area contributed by atoms with Crippen molar-refractivity contribution >= 4 is 64.1 Å². The molecule has 3 fully saturated rings. The van der Waals surface area contributed by atoms with E-state index in [-0.39, 0.29) is 42.0 Å². The number of ether oxygens (including phenoxy) is 2. The molecule has 0 unspecified atom stereocenters. The van der Waals surface area contributed by atoms with Crippen molar-refractivity contribution in [1.82, 2.24) is 20.6 Å². The molecule has 7 rings (SSSR count). The molecule has 0 atom stereocenters. The highest BCUT2D eigenvalue weighted by Crippen LogP contribution is 2.37. The van der Waals surface area contributed by atoms with Crippen molar-refractivity contribution in [2.24, 2.45) is 11.8 Å². The van der Waals surface area contributed by atoms with Gasteiger partial charge in [0.2, 0.25) is 11.8 Å². The first-order valence-corrected chi connectivity index (χ1v) is 23.2. The van der Waals surface area contributed by atoms with Crippen LogP contribution < -0.4 is 26.7 Å². The lowest BCUT2D eigenvalue weighted by molar-refractivity contribution is -0.118. The minimum absolute atomic E-state index is 0.0457. The van der Waals surface area contributed by atoms with Gasteiger partial charge in [-0.3, -0.25) is 9.59 Å². The highest BCUT2D eigenvalue weighted by atomic mass is 79.9. The third kappa shape index (κ3) is 16.2. The van der Waals surface area contributed by atoms with Crippen molar-refractivity contribution < 1.29 is 38.0 Å². The van der Waals surface area contributed by atoms with Crippen LogP contribution in [0, 0.1) is 25.7 Å². The fourth-order valence-corrected chi connectivity index (χ4v) is 6.71. The van der Waals surface area contributed by atoms with E-state index in [1.807, 2.05) is 132 Å². The van der Waals surface area contributed by atoms with Crippen molar-refractivity contribution in [3.8, 4) is 11.1 Å². The predicted octanol–water partition coefficient (Wildman–Crippen LogP) is 9.94. The SMILES string of the molecule is Cc1cc(-c2ccnc(NC(=O)C3CC3)c2)ccc1CNC(=O)OC(C)(C)C.Cc1cc(B2OC(C)(C)C(C)(C)O2)ccc1CNC(=O)OC(C)(C)C.O=C(Nc1cc(Br)ccn1)C1CC1. The van der Waals surface area contributed by atoms with Crippen LogP contribution in [0.2, 0.25) is 0 Å². The first-order chi connectivity index (χ1) is 30.8. The second-order valence-corrected chi connectivity index (χ2v) is 20.9. The van der Waals surface area contributed by atoms with Crippen LogP contribution in [0.1, 0.15) is 117 Å². The molecule has 4 aromatic rings. The molecule has 1 saturated heterocycles. The molecule has 66 heavy (non-hydrogen) atoms. The average molecular weight is 970 g/mol. The van der Waals surface area contributed by atoms with Gasteiger partial charge in [-0.1, -0.05) is 52.3 Å². The van der Waals surface area contributed by atoms with Crippen molar-refractivity contribution in [2.45, 2.75) is 144 Å². The van der Waals surface area contributed by atoms with Gasteiger partial charge in [0.05, 0.1) is 11.2 Å². The maximum Gasteiger partial charge on any atom is 0.494 e. The van der Waals surface area contributed by atoms with Gasteiger partial charge in [0.25, 0.3) is 0 Å². The van der Waals surface area contributed by atoms with Crippen LogP contribution in [0.5, 0.6) is 0 Å². The summed E-state index contributed by atoms with van der Waals surface area (Å²) >= 11 is 3.31. The second kappa shape index (κ2) is 21.5. The average Bonchev–Trinajstić information content (AvgIpc) is 4.13. The van der Waals surface area contributed by atoms with E-state index in [9.17, 15) is 19.2 Å². The lowest BCUT2D eigenvalue weighted by Gasteiger charge is -2.32. The Labute approximate surface area is 398 Å². The van der Waals surface area contributed by atoms with Crippen LogP contribution in [0.25, 0.3) is 11.1 Å². The summed E-state index contributed by atoms with van der Waals surface area (Å²) in [7, 11) is -0.378. The molecule has 2 aliphatic carbocycles. The number of hydrogen-bond acceptors (Lipinski definition) is 10. The molecule has 4 amide bonds. The molecule has 0 radical (unpaired) electrons. The van der Waals surface area contributed by atoms with Crippen LogP contribution in [0.3, 0.4) is 0 Å². The molecule has 16 heteroatoms. The zero-order valence-corrected chi connectivity index (χ0v) is 42.0. The lowest BCUT2D eigenvalue weighted by Crippen LogP contribution is -2.41. The number of rotatable bonds is 10. The normalized spacial score (nSPS) is 16.0. The van der Waals surface area contributed by atoms with Crippen LogP contribution in [-0.2, 0) is 41.5 Å². The Morgan fingerprint density at radius 3 is 1.53 bits per heavy atom. The highest BCUT2D eigenvalue weighted by Gasteiger charge is 2.51. The number of pyridine rings is 2. The van der Waals surface area contributed by atoms with E-state index >= 15 is 0 Å². The van der Waals surface area contributed by atoms with Gasteiger partial charge in [-0.15, -0.1) is 0 Å². The fraction of sp³-hybridized carbons (Fsp3) is 0.480. The summed E-state index contributed by atoms with van der Waals surface area (Å²) in [6.45, 7) is 24.0. The predicted molar refractivity (Wildman–Crippen MR) is 262 cm³/mol. The molecule has 0 bridgehead atoms. The van der Waals surface area contributed by atoms with Gasteiger partial charge in [0.15, 0.2) is 0 Å². The van der Waals surface area contributed by atoms with Crippen LogP contribution in [0.15, 0.2) is 77.5 Å². The van der Waals surface area contributed by atoms with Crippen LogP contribution in [-0.4, -0.2) is 63.5 Å². The van der Waals surface area contributed by atoms with Crippen molar-refractivity contribution in [2.75, 3.05) is 10.6 Å². The Morgan fingerprint density at radius 1 is 0.652 bits per heavy atom. The fourth-order valence-electron chi connectivity index (χ4n) is 6.38. The van der Waals surface area contributed by atoms with Crippen molar-refractivity contribution in [3.05, 3.63) is 99.8 Å². The van der Waals surface area contributed by atoms with Crippen LogP contribution in [0.4, 0.5) is 21.2 Å². The molecular weight excluding hydrogens is 903 g/mol. The third-order valence-electron chi connectivity index (χ3n) is 11.1. The monoisotopic (exact) mass is 968 g/mol. The van der Waals surface area contributed by atoms with Crippen molar-refractivity contribution in [1.29, 1.82) is 0 Å². The van der Waals surface area contributed by atoms with Gasteiger partial charge < -0.3 is 40.0 Å². The lowest BCUT2D eigenvalue weighted by atomic mass is 9.78. The number of amides is 4. The number of hydrogen-bond donors (Lipinski definition) is 4. The number of nitrogens with one attached hydrogen (secondary N) is 4. The summed E-state index contributed by atoms with van der Waals surface area (Å²) in [6.07, 6.45) is 6.47. The molecule has 4 N–H and O–H groups in total. The first kappa shape index (κ1) is 51.7. The number of carbonyl (C=O) groups excluding carboxylic acids is 4. The Bertz CT molecular complexity index is 2360. The second-order valence-electron chi connectivity index (χ2n) is 19.9. The maximum absolute atomic E-state index is 11.9. The van der Waals surface area contributed by atoms with E-state index in [4.69, 9.17) is 18.8 Å². The Balaban J connectivity index is 0.000000197. The van der Waals surface area contributed by atoms with E-state index in [1.54, 1.807) is 18.5 Å². The molecule has 0 spiro atoms. The summed E-state index contributed by atoms with van der Waals surface area (Å²) in [4.78, 5) is 55.2. The molecule has 1 aliphatic heterocycles. The number of halogens is 1. The molecule has 354 valence electrons. The van der Waals surface area contributed by atoms with Crippen LogP contribution >= 0.6 is 15.9 Å². The number of aryl methyl sites for hydroxylation is 2. The van der Waals surface area contributed by atoms with Gasteiger partial charge in [-0.05, 0) is 172 Å². The molecule has 14 nitrogen and oxygen atoms in total. The zero-order valence-electron chi connectivity index (χ0n) is 40.4. The van der Waals surface area contributed by atoms with Crippen molar-refractivity contribution in [3.63, 3.8) is 0 Å². The number of alkyl carbamates (subject to hydrolysis) is 2. The maximum atomic E-state index is 11.9. The number of aromatic nitrogens is 2. The standard InChI is InChI=1S/C22H27N3O3.C19H30BNO4.C9H9BrN2O/c1-14-11-16(7-8-18(14)13-24-21(27)28-22(2,3)4)17-9-10-23-19(12-17)25-20(26)15-5-6-15;1-13-11-15(20-24-18(5,6)19(7,8)25-20)10-9-14(13)12-21-16(22)23-17(2,3)4;10-7-3-4-11-8(5-7)12-9(13)6-1-2-6/h7-12,15H,5-6,13H2,1-4H3,(H,24,27)(H,23,25,26);9-11H,12H2,1-8H3,(H,21,22);3-6H,1-2H2,(H,11,12,13). The third-order valence-corrected chi connectivity index (χ3v) is 11.6. The van der Waals surface area contributed by atoms with Gasteiger partial charge >= 0.3 is 19.3 Å². The summed E-state index contributed by atoms with van der Waals surface area (Å²) in [5.74, 6) is 1.69. The molecular formula is C50H66BBrN6O8. The Kier molecular flexibility index (Phi) is 16.9. The highest BCUT2D eigenvalue weighted by molar-refractivity contribution is 9.10. The number of nitrogens with zero attached hydrogens (tertiary/aromatic N) is 2. The number of carbonyl (C=O) groups is 4. The smallest absolute Gasteiger partial charge is 0.444 e. The summed E-state index contributed by atoms with van der Waals surface area (Å²) < 4.78 is 23.6.